The number of nitrogens with zero attached hydrogens (tertiary/aromatic N) is 2. The van der Waals surface area contributed by atoms with E-state index in [1.165, 1.54) is 0 Å². The average molecular weight is 310 g/mol. The lowest BCUT2D eigenvalue weighted by Crippen LogP contribution is -2.36. The highest BCUT2D eigenvalue weighted by atomic mass is 19.4. The number of halogens is 8. The first-order valence-electron chi connectivity index (χ1n) is 4.96. The van der Waals surface area contributed by atoms with Gasteiger partial charge in [0.15, 0.2) is 12.0 Å². The maximum atomic E-state index is 13.1. The molecular formula is C9H6F8N2O. The fourth-order valence-electron chi connectivity index (χ4n) is 1.47. The van der Waals surface area contributed by atoms with Gasteiger partial charge in [-0.1, -0.05) is 0 Å². The number of alkyl halides is 8. The van der Waals surface area contributed by atoms with Crippen molar-refractivity contribution in [1.82, 2.24) is 9.78 Å². The van der Waals surface area contributed by atoms with Gasteiger partial charge in [-0.2, -0.15) is 40.2 Å². The SMILES string of the molecule is CCn1nc(C(F)(F)C(F)(F)F)c(C(F)(F)F)c1C=O. The largest absolute Gasteiger partial charge is 0.459 e. The number of aryl methyl sites for hydroxylation is 1. The standard InChI is InChI=1S/C9H6F8N2O/c1-2-19-4(3-20)5(8(12,13)14)6(18-19)7(10,11)9(15,16)17/h3H,2H2,1H3. The Bertz CT molecular complexity index is 513. The van der Waals surface area contributed by atoms with E-state index in [-0.39, 0.29) is 4.68 Å². The summed E-state index contributed by atoms with van der Waals surface area (Å²) < 4.78 is 101. The maximum absolute atomic E-state index is 13.1. The lowest BCUT2D eigenvalue weighted by Gasteiger charge is -2.19. The second kappa shape index (κ2) is 4.70. The summed E-state index contributed by atoms with van der Waals surface area (Å²) in [6.07, 6.45) is -12.3. The van der Waals surface area contributed by atoms with Gasteiger partial charge in [-0.15, -0.1) is 0 Å². The van der Waals surface area contributed by atoms with E-state index < -0.39 is 48.1 Å². The lowest BCUT2D eigenvalue weighted by atomic mass is 10.1. The third-order valence-electron chi connectivity index (χ3n) is 2.34. The number of hydrogen-bond acceptors (Lipinski definition) is 2. The molecule has 0 N–H and O–H groups in total. The Morgan fingerprint density at radius 3 is 1.90 bits per heavy atom. The number of aromatic nitrogens is 2. The predicted octanol–water partition coefficient (Wildman–Crippen LogP) is 3.39. The van der Waals surface area contributed by atoms with Gasteiger partial charge in [0.1, 0.15) is 11.3 Å². The molecule has 11 heteroatoms. The molecule has 1 aromatic heterocycles. The van der Waals surface area contributed by atoms with E-state index in [1.807, 2.05) is 0 Å². The van der Waals surface area contributed by atoms with E-state index in [0.717, 1.165) is 6.92 Å². The van der Waals surface area contributed by atoms with E-state index in [2.05, 4.69) is 5.10 Å². The summed E-state index contributed by atoms with van der Waals surface area (Å²) >= 11 is 0. The van der Waals surface area contributed by atoms with Crippen molar-refractivity contribution in [2.24, 2.45) is 0 Å². The normalized spacial score (nSPS) is 13.7. The predicted molar refractivity (Wildman–Crippen MR) is 48.2 cm³/mol. The summed E-state index contributed by atoms with van der Waals surface area (Å²) in [7, 11) is 0. The molecule has 0 aliphatic rings. The van der Waals surface area contributed by atoms with Gasteiger partial charge in [-0.3, -0.25) is 9.48 Å². The highest BCUT2D eigenvalue weighted by molar-refractivity contribution is 5.76. The minimum atomic E-state index is -6.26. The van der Waals surface area contributed by atoms with Crippen molar-refractivity contribution in [3.63, 3.8) is 0 Å². The van der Waals surface area contributed by atoms with Crippen molar-refractivity contribution in [2.75, 3.05) is 0 Å². The molecule has 0 aromatic carbocycles. The van der Waals surface area contributed by atoms with Gasteiger partial charge < -0.3 is 0 Å². The number of carbonyl (C=O) groups is 1. The Kier molecular flexibility index (Phi) is 3.85. The Balaban J connectivity index is 3.72. The molecule has 0 unspecified atom stereocenters. The molecule has 114 valence electrons. The molecule has 0 spiro atoms. The van der Waals surface area contributed by atoms with Crippen molar-refractivity contribution in [3.05, 3.63) is 17.0 Å². The Labute approximate surface area is 106 Å². The van der Waals surface area contributed by atoms with E-state index in [0.29, 0.717) is 0 Å². The van der Waals surface area contributed by atoms with Crippen LogP contribution in [0.1, 0.15) is 28.7 Å². The third kappa shape index (κ3) is 2.48. The fourth-order valence-corrected chi connectivity index (χ4v) is 1.47. The molecule has 0 fully saturated rings. The van der Waals surface area contributed by atoms with E-state index in [1.54, 1.807) is 0 Å². The zero-order valence-electron chi connectivity index (χ0n) is 9.61. The molecule has 3 nitrogen and oxygen atoms in total. The van der Waals surface area contributed by atoms with Gasteiger partial charge in [-0.25, -0.2) is 0 Å². The second-order valence-corrected chi connectivity index (χ2v) is 3.61. The molecule has 1 rings (SSSR count). The highest BCUT2D eigenvalue weighted by Crippen LogP contribution is 2.48. The number of carbonyl (C=O) groups excluding carboxylic acids is 1. The van der Waals surface area contributed by atoms with Crippen LogP contribution in [0.15, 0.2) is 0 Å². The monoisotopic (exact) mass is 310 g/mol. The minimum absolute atomic E-state index is 0.144. The molecule has 1 aromatic rings. The minimum Gasteiger partial charge on any atom is -0.296 e. The Morgan fingerprint density at radius 1 is 1.10 bits per heavy atom. The van der Waals surface area contributed by atoms with Crippen LogP contribution in [0.3, 0.4) is 0 Å². The maximum Gasteiger partial charge on any atom is 0.459 e. The van der Waals surface area contributed by atoms with Crippen LogP contribution in [0.25, 0.3) is 0 Å². The van der Waals surface area contributed by atoms with Gasteiger partial charge >= 0.3 is 18.3 Å². The van der Waals surface area contributed by atoms with Crippen LogP contribution in [-0.2, 0) is 18.6 Å². The molecule has 0 saturated heterocycles. The van der Waals surface area contributed by atoms with Gasteiger partial charge in [0.05, 0.1) is 0 Å². The van der Waals surface area contributed by atoms with Gasteiger partial charge in [0.25, 0.3) is 0 Å². The molecule has 0 saturated carbocycles. The van der Waals surface area contributed by atoms with Crippen molar-refractivity contribution in [3.8, 4) is 0 Å². The zero-order chi connectivity index (χ0) is 15.9. The molecule has 0 aliphatic carbocycles. The molecule has 0 aliphatic heterocycles. The highest BCUT2D eigenvalue weighted by Gasteiger charge is 2.64. The van der Waals surface area contributed by atoms with Crippen molar-refractivity contribution in [2.45, 2.75) is 31.7 Å². The first kappa shape index (κ1) is 16.4. The van der Waals surface area contributed by atoms with Gasteiger partial charge in [-0.05, 0) is 6.92 Å². The molecule has 1 heterocycles. The van der Waals surface area contributed by atoms with Crippen molar-refractivity contribution < 1.29 is 39.9 Å². The summed E-state index contributed by atoms with van der Waals surface area (Å²) in [6.45, 7) is 0.654. The summed E-state index contributed by atoms with van der Waals surface area (Å²) in [5.41, 5.74) is -6.28. The van der Waals surface area contributed by atoms with Crippen LogP contribution in [-0.4, -0.2) is 22.2 Å². The van der Waals surface area contributed by atoms with Crippen LogP contribution in [0.5, 0.6) is 0 Å². The molecule has 20 heavy (non-hydrogen) atoms. The average Bonchev–Trinajstić information content (AvgIpc) is 2.65. The Hall–Kier alpha value is -1.68. The van der Waals surface area contributed by atoms with Crippen LogP contribution in [0, 0.1) is 0 Å². The topological polar surface area (TPSA) is 34.9 Å². The number of hydrogen-bond donors (Lipinski definition) is 0. The molecule has 0 atom stereocenters. The first-order valence-corrected chi connectivity index (χ1v) is 4.96. The lowest BCUT2D eigenvalue weighted by molar-refractivity contribution is -0.292. The van der Waals surface area contributed by atoms with E-state index in [9.17, 15) is 39.9 Å². The Morgan fingerprint density at radius 2 is 1.60 bits per heavy atom. The molecule has 0 amide bonds. The van der Waals surface area contributed by atoms with Crippen LogP contribution in [0.4, 0.5) is 35.1 Å². The molecular weight excluding hydrogens is 304 g/mol. The summed E-state index contributed by atoms with van der Waals surface area (Å²) in [6, 6.07) is 0. The quantitative estimate of drug-likeness (QED) is 0.633. The van der Waals surface area contributed by atoms with Gasteiger partial charge in [0.2, 0.25) is 0 Å². The van der Waals surface area contributed by atoms with Crippen molar-refractivity contribution >= 4 is 6.29 Å². The first-order chi connectivity index (χ1) is 8.87. The van der Waals surface area contributed by atoms with E-state index >= 15 is 0 Å². The van der Waals surface area contributed by atoms with Crippen LogP contribution >= 0.6 is 0 Å². The summed E-state index contributed by atoms with van der Waals surface area (Å²) in [5, 5.41) is 2.60. The van der Waals surface area contributed by atoms with Crippen molar-refractivity contribution in [1.29, 1.82) is 0 Å². The summed E-state index contributed by atoms with van der Waals surface area (Å²) in [5.74, 6) is -5.82. The van der Waals surface area contributed by atoms with Crippen LogP contribution in [0.2, 0.25) is 0 Å². The smallest absolute Gasteiger partial charge is 0.296 e. The van der Waals surface area contributed by atoms with Gasteiger partial charge in [0, 0.05) is 6.54 Å². The second-order valence-electron chi connectivity index (χ2n) is 3.61. The molecule has 0 bridgehead atoms. The number of rotatable bonds is 3. The van der Waals surface area contributed by atoms with E-state index in [4.69, 9.17) is 0 Å². The third-order valence-corrected chi connectivity index (χ3v) is 2.34. The molecule has 0 radical (unpaired) electrons. The number of aldehydes is 1. The summed E-state index contributed by atoms with van der Waals surface area (Å²) in [4.78, 5) is 10.6. The van der Waals surface area contributed by atoms with Crippen LogP contribution < -0.4 is 0 Å². The fraction of sp³-hybridized carbons (Fsp3) is 0.556. The zero-order valence-corrected chi connectivity index (χ0v) is 9.61.